The summed E-state index contributed by atoms with van der Waals surface area (Å²) < 4.78 is 38.5. The maximum absolute atomic E-state index is 12.8. The van der Waals surface area contributed by atoms with E-state index in [0.717, 1.165) is 12.1 Å². The van der Waals surface area contributed by atoms with Gasteiger partial charge in [-0.1, -0.05) is 12.1 Å². The number of hydrogen-bond acceptors (Lipinski definition) is 4. The van der Waals surface area contributed by atoms with Crippen LogP contribution in [0.3, 0.4) is 0 Å². The third kappa shape index (κ3) is 3.72. The number of rotatable bonds is 3. The zero-order valence-electron chi connectivity index (χ0n) is 10.8. The minimum atomic E-state index is -4.59. The largest absolute Gasteiger partial charge is 0.417 e. The summed E-state index contributed by atoms with van der Waals surface area (Å²) in [6.45, 7) is 0. The van der Waals surface area contributed by atoms with Gasteiger partial charge in [-0.25, -0.2) is 0 Å². The first-order valence-corrected chi connectivity index (χ1v) is 6.99. The van der Waals surface area contributed by atoms with E-state index in [9.17, 15) is 18.0 Å². The van der Waals surface area contributed by atoms with Gasteiger partial charge in [0.1, 0.15) is 5.03 Å². The Bertz CT molecular complexity index is 644. The highest BCUT2D eigenvalue weighted by atomic mass is 32.2. The number of carbonyl (C=O) groups excluding carboxylic acids is 1. The van der Waals surface area contributed by atoms with Gasteiger partial charge in [0.15, 0.2) is 5.82 Å². The van der Waals surface area contributed by atoms with Gasteiger partial charge in [-0.15, -0.1) is 22.0 Å². The van der Waals surface area contributed by atoms with Crippen molar-refractivity contribution in [2.75, 3.05) is 11.6 Å². The molecular weight excluding hydrogens is 303 g/mol. The molecule has 4 nitrogen and oxygen atoms in total. The van der Waals surface area contributed by atoms with Crippen molar-refractivity contribution in [1.82, 2.24) is 10.2 Å². The minimum Gasteiger partial charge on any atom is -0.305 e. The van der Waals surface area contributed by atoms with Crippen LogP contribution in [-0.4, -0.2) is 22.4 Å². The number of alkyl halides is 3. The molecule has 0 saturated carbocycles. The number of nitrogens with one attached hydrogen (secondary N) is 1. The highest BCUT2D eigenvalue weighted by molar-refractivity contribution is 7.98. The Morgan fingerprint density at radius 3 is 2.43 bits per heavy atom. The summed E-state index contributed by atoms with van der Waals surface area (Å²) in [6, 6.07) is 7.66. The van der Waals surface area contributed by atoms with Crippen LogP contribution in [0.15, 0.2) is 41.4 Å². The van der Waals surface area contributed by atoms with Crippen LogP contribution in [-0.2, 0) is 6.18 Å². The monoisotopic (exact) mass is 313 g/mol. The molecule has 21 heavy (non-hydrogen) atoms. The van der Waals surface area contributed by atoms with E-state index in [1.165, 1.54) is 30.0 Å². The molecule has 8 heteroatoms. The van der Waals surface area contributed by atoms with E-state index >= 15 is 0 Å². The lowest BCUT2D eigenvalue weighted by atomic mass is 10.1. The summed E-state index contributed by atoms with van der Waals surface area (Å²) in [5, 5.41) is 10.5. The molecule has 0 aliphatic rings. The van der Waals surface area contributed by atoms with Crippen molar-refractivity contribution >= 4 is 23.5 Å². The minimum absolute atomic E-state index is 0.0924. The number of thioether (sulfide) groups is 1. The van der Waals surface area contributed by atoms with Crippen LogP contribution < -0.4 is 5.32 Å². The number of halogens is 3. The standard InChI is InChI=1S/C13H10F3N3OS/c1-21-11-7-6-10(18-19-11)17-12(20)8-4-2-3-5-9(8)13(14,15)16/h2-7H,1H3,(H,17,18,20). The number of benzene rings is 1. The molecule has 2 aromatic rings. The molecule has 1 heterocycles. The molecule has 110 valence electrons. The fourth-order valence-electron chi connectivity index (χ4n) is 1.61. The predicted octanol–water partition coefficient (Wildman–Crippen LogP) is 3.47. The molecule has 0 radical (unpaired) electrons. The van der Waals surface area contributed by atoms with E-state index in [1.807, 2.05) is 6.26 Å². The van der Waals surface area contributed by atoms with Gasteiger partial charge in [-0.2, -0.15) is 13.2 Å². The van der Waals surface area contributed by atoms with Crippen LogP contribution in [0, 0.1) is 0 Å². The normalized spacial score (nSPS) is 11.2. The summed E-state index contributed by atoms with van der Waals surface area (Å²) >= 11 is 1.36. The molecule has 0 fully saturated rings. The van der Waals surface area contributed by atoms with Gasteiger partial charge >= 0.3 is 6.18 Å². The Balaban J connectivity index is 2.24. The molecule has 0 unspecified atom stereocenters. The topological polar surface area (TPSA) is 54.9 Å². The van der Waals surface area contributed by atoms with Gasteiger partial charge in [-0.3, -0.25) is 4.79 Å². The Hall–Kier alpha value is -2.09. The lowest BCUT2D eigenvalue weighted by Gasteiger charge is -2.12. The highest BCUT2D eigenvalue weighted by Crippen LogP contribution is 2.32. The molecule has 1 N–H and O–H groups in total. The van der Waals surface area contributed by atoms with E-state index in [0.29, 0.717) is 5.03 Å². The van der Waals surface area contributed by atoms with Gasteiger partial charge in [0.05, 0.1) is 11.1 Å². The SMILES string of the molecule is CSc1ccc(NC(=O)c2ccccc2C(F)(F)F)nn1. The van der Waals surface area contributed by atoms with Crippen LogP contribution in [0.2, 0.25) is 0 Å². The number of amides is 1. The van der Waals surface area contributed by atoms with Crippen molar-refractivity contribution in [2.45, 2.75) is 11.2 Å². The van der Waals surface area contributed by atoms with Gasteiger partial charge in [0.25, 0.3) is 5.91 Å². The second-order valence-corrected chi connectivity index (χ2v) is 4.78. The van der Waals surface area contributed by atoms with Crippen molar-refractivity contribution in [2.24, 2.45) is 0 Å². The van der Waals surface area contributed by atoms with E-state index in [-0.39, 0.29) is 5.82 Å². The first-order valence-electron chi connectivity index (χ1n) is 5.77. The Labute approximate surface area is 122 Å². The molecule has 0 aliphatic carbocycles. The summed E-state index contributed by atoms with van der Waals surface area (Å²) in [4.78, 5) is 12.0. The second kappa shape index (κ2) is 6.13. The van der Waals surface area contributed by atoms with E-state index in [1.54, 1.807) is 6.07 Å². The fourth-order valence-corrected chi connectivity index (χ4v) is 1.93. The third-order valence-electron chi connectivity index (χ3n) is 2.57. The number of carbonyl (C=O) groups is 1. The summed E-state index contributed by atoms with van der Waals surface area (Å²) in [5.41, 5.74) is -1.45. The maximum atomic E-state index is 12.8. The first-order chi connectivity index (χ1) is 9.91. The lowest BCUT2D eigenvalue weighted by molar-refractivity contribution is -0.137. The Morgan fingerprint density at radius 2 is 1.86 bits per heavy atom. The van der Waals surface area contributed by atoms with Gasteiger partial charge in [0, 0.05) is 0 Å². The van der Waals surface area contributed by atoms with Crippen molar-refractivity contribution < 1.29 is 18.0 Å². The smallest absolute Gasteiger partial charge is 0.305 e. The van der Waals surface area contributed by atoms with Crippen molar-refractivity contribution in [1.29, 1.82) is 0 Å². The molecule has 0 saturated heterocycles. The number of aromatic nitrogens is 2. The van der Waals surface area contributed by atoms with Gasteiger partial charge < -0.3 is 5.32 Å². The van der Waals surface area contributed by atoms with E-state index in [2.05, 4.69) is 15.5 Å². The third-order valence-corrected chi connectivity index (χ3v) is 3.20. The summed E-state index contributed by atoms with van der Waals surface area (Å²) in [6.07, 6.45) is -2.79. The fraction of sp³-hybridized carbons (Fsp3) is 0.154. The molecule has 1 amide bonds. The zero-order valence-corrected chi connectivity index (χ0v) is 11.6. The average molecular weight is 313 g/mol. The number of nitrogens with zero attached hydrogens (tertiary/aromatic N) is 2. The van der Waals surface area contributed by atoms with Crippen LogP contribution in [0.5, 0.6) is 0 Å². The summed E-state index contributed by atoms with van der Waals surface area (Å²) in [7, 11) is 0. The molecular formula is C13H10F3N3OS. The molecule has 0 bridgehead atoms. The average Bonchev–Trinajstić information content (AvgIpc) is 2.47. The van der Waals surface area contributed by atoms with Crippen LogP contribution in [0.25, 0.3) is 0 Å². The highest BCUT2D eigenvalue weighted by Gasteiger charge is 2.34. The quantitative estimate of drug-likeness (QED) is 0.882. The number of hydrogen-bond donors (Lipinski definition) is 1. The van der Waals surface area contributed by atoms with Crippen molar-refractivity contribution in [3.8, 4) is 0 Å². The van der Waals surface area contributed by atoms with Crippen LogP contribution in [0.1, 0.15) is 15.9 Å². The van der Waals surface area contributed by atoms with Crippen LogP contribution in [0.4, 0.5) is 19.0 Å². The summed E-state index contributed by atoms with van der Waals surface area (Å²) in [5.74, 6) is -0.788. The van der Waals surface area contributed by atoms with Gasteiger partial charge in [0.2, 0.25) is 0 Å². The lowest BCUT2D eigenvalue weighted by Crippen LogP contribution is -2.19. The zero-order chi connectivity index (χ0) is 15.5. The van der Waals surface area contributed by atoms with Gasteiger partial charge in [-0.05, 0) is 30.5 Å². The van der Waals surface area contributed by atoms with E-state index < -0.39 is 23.2 Å². The Morgan fingerprint density at radius 1 is 1.14 bits per heavy atom. The predicted molar refractivity (Wildman–Crippen MR) is 73.2 cm³/mol. The molecule has 0 spiro atoms. The number of anilines is 1. The molecule has 1 aromatic carbocycles. The maximum Gasteiger partial charge on any atom is 0.417 e. The van der Waals surface area contributed by atoms with E-state index in [4.69, 9.17) is 0 Å². The van der Waals surface area contributed by atoms with Crippen LogP contribution >= 0.6 is 11.8 Å². The Kier molecular flexibility index (Phi) is 4.46. The molecule has 0 aliphatic heterocycles. The first kappa shape index (κ1) is 15.3. The molecule has 2 rings (SSSR count). The van der Waals surface area contributed by atoms with Crippen molar-refractivity contribution in [3.05, 3.63) is 47.5 Å². The van der Waals surface area contributed by atoms with Crippen molar-refractivity contribution in [3.63, 3.8) is 0 Å². The second-order valence-electron chi connectivity index (χ2n) is 3.96. The molecule has 0 atom stereocenters. The molecule has 1 aromatic heterocycles.